The van der Waals surface area contributed by atoms with Gasteiger partial charge >= 0.3 is 0 Å². The van der Waals surface area contributed by atoms with Gasteiger partial charge in [0.1, 0.15) is 12.4 Å². The Morgan fingerprint density at radius 2 is 1.62 bits per heavy atom. The second-order valence-electron chi connectivity index (χ2n) is 4.91. The minimum absolute atomic E-state index is 0.181. The average Bonchev–Trinajstić information content (AvgIpc) is 2.55. The molecular formula is C18H23NO2. The van der Waals surface area contributed by atoms with E-state index in [1.807, 2.05) is 30.3 Å². The molecule has 112 valence electrons. The van der Waals surface area contributed by atoms with Crippen molar-refractivity contribution in [2.75, 3.05) is 20.3 Å². The van der Waals surface area contributed by atoms with E-state index in [4.69, 9.17) is 15.2 Å². The topological polar surface area (TPSA) is 44.5 Å². The van der Waals surface area contributed by atoms with Crippen LogP contribution in [0.4, 0.5) is 0 Å². The third kappa shape index (κ3) is 3.84. The van der Waals surface area contributed by atoms with E-state index in [1.54, 1.807) is 7.11 Å². The predicted octanol–water partition coefficient (Wildman–Crippen LogP) is 3.32. The van der Waals surface area contributed by atoms with Gasteiger partial charge in [-0.05, 0) is 23.6 Å². The molecule has 0 aromatic heterocycles. The van der Waals surface area contributed by atoms with Crippen LogP contribution in [0.2, 0.25) is 0 Å². The van der Waals surface area contributed by atoms with Crippen LogP contribution in [0.5, 0.6) is 5.75 Å². The molecule has 0 saturated heterocycles. The summed E-state index contributed by atoms with van der Waals surface area (Å²) in [7, 11) is 1.67. The minimum Gasteiger partial charge on any atom is -0.491 e. The van der Waals surface area contributed by atoms with Gasteiger partial charge in [0.05, 0.1) is 12.6 Å². The molecule has 2 rings (SSSR count). The zero-order valence-corrected chi connectivity index (χ0v) is 12.7. The minimum atomic E-state index is -0.181. The zero-order chi connectivity index (χ0) is 15.1. The van der Waals surface area contributed by atoms with Crippen LogP contribution in [0.1, 0.15) is 29.7 Å². The Balaban J connectivity index is 2.28. The summed E-state index contributed by atoms with van der Waals surface area (Å²) < 4.78 is 10.8. The number of ether oxygens (including phenoxy) is 2. The van der Waals surface area contributed by atoms with Gasteiger partial charge in [-0.15, -0.1) is 0 Å². The molecule has 2 aromatic carbocycles. The van der Waals surface area contributed by atoms with E-state index in [9.17, 15) is 0 Å². The Morgan fingerprint density at radius 3 is 2.33 bits per heavy atom. The van der Waals surface area contributed by atoms with E-state index in [-0.39, 0.29) is 6.04 Å². The smallest absolute Gasteiger partial charge is 0.124 e. The van der Waals surface area contributed by atoms with Crippen molar-refractivity contribution in [2.45, 2.75) is 19.4 Å². The molecule has 2 aromatic rings. The highest BCUT2D eigenvalue weighted by molar-refractivity contribution is 5.43. The van der Waals surface area contributed by atoms with Crippen molar-refractivity contribution in [1.29, 1.82) is 0 Å². The van der Waals surface area contributed by atoms with Gasteiger partial charge in [-0.2, -0.15) is 0 Å². The van der Waals surface area contributed by atoms with Crippen LogP contribution in [0, 0.1) is 0 Å². The maximum absolute atomic E-state index is 6.49. The zero-order valence-electron chi connectivity index (χ0n) is 12.7. The van der Waals surface area contributed by atoms with E-state index >= 15 is 0 Å². The molecule has 1 atom stereocenters. The first-order valence-electron chi connectivity index (χ1n) is 7.32. The van der Waals surface area contributed by atoms with E-state index in [1.165, 1.54) is 5.56 Å². The third-order valence-corrected chi connectivity index (χ3v) is 3.57. The van der Waals surface area contributed by atoms with Crippen LogP contribution < -0.4 is 10.5 Å². The Labute approximate surface area is 126 Å². The van der Waals surface area contributed by atoms with Gasteiger partial charge < -0.3 is 15.2 Å². The van der Waals surface area contributed by atoms with Crippen molar-refractivity contribution in [3.63, 3.8) is 0 Å². The van der Waals surface area contributed by atoms with Crippen molar-refractivity contribution in [3.05, 3.63) is 65.2 Å². The van der Waals surface area contributed by atoms with Gasteiger partial charge in [0.25, 0.3) is 0 Å². The second-order valence-corrected chi connectivity index (χ2v) is 4.91. The second kappa shape index (κ2) is 7.81. The van der Waals surface area contributed by atoms with Crippen LogP contribution in [0.15, 0.2) is 48.5 Å². The molecular weight excluding hydrogens is 262 g/mol. The maximum atomic E-state index is 6.49. The monoisotopic (exact) mass is 285 g/mol. The van der Waals surface area contributed by atoms with E-state index in [2.05, 4.69) is 25.1 Å². The summed E-state index contributed by atoms with van der Waals surface area (Å²) in [5.41, 5.74) is 9.93. The predicted molar refractivity (Wildman–Crippen MR) is 85.7 cm³/mol. The van der Waals surface area contributed by atoms with Crippen LogP contribution in [0.25, 0.3) is 0 Å². The first-order chi connectivity index (χ1) is 10.3. The van der Waals surface area contributed by atoms with Gasteiger partial charge in [0, 0.05) is 12.7 Å². The van der Waals surface area contributed by atoms with Gasteiger partial charge in [-0.25, -0.2) is 0 Å². The van der Waals surface area contributed by atoms with Crippen molar-refractivity contribution in [1.82, 2.24) is 0 Å². The van der Waals surface area contributed by atoms with Crippen molar-refractivity contribution in [2.24, 2.45) is 5.73 Å². The van der Waals surface area contributed by atoms with E-state index < -0.39 is 0 Å². The summed E-state index contributed by atoms with van der Waals surface area (Å²) in [5.74, 6) is 0.827. The van der Waals surface area contributed by atoms with E-state index in [0.717, 1.165) is 23.3 Å². The molecule has 0 aliphatic carbocycles. The van der Waals surface area contributed by atoms with Crippen LogP contribution >= 0.6 is 0 Å². The Hall–Kier alpha value is -1.84. The third-order valence-electron chi connectivity index (χ3n) is 3.57. The van der Waals surface area contributed by atoms with E-state index in [0.29, 0.717) is 13.2 Å². The number of rotatable bonds is 7. The van der Waals surface area contributed by atoms with Crippen molar-refractivity contribution >= 4 is 0 Å². The summed E-state index contributed by atoms with van der Waals surface area (Å²) in [5, 5.41) is 0. The molecule has 0 fully saturated rings. The fourth-order valence-electron chi connectivity index (χ4n) is 2.43. The Bertz CT molecular complexity index is 569. The summed E-state index contributed by atoms with van der Waals surface area (Å²) in [6, 6.07) is 16.1. The van der Waals surface area contributed by atoms with Gasteiger partial charge in [-0.1, -0.05) is 49.4 Å². The molecule has 0 bridgehead atoms. The fourth-order valence-corrected chi connectivity index (χ4v) is 2.43. The number of benzene rings is 2. The fraction of sp³-hybridized carbons (Fsp3) is 0.333. The summed E-state index contributed by atoms with van der Waals surface area (Å²) in [6.45, 7) is 3.23. The molecule has 0 spiro atoms. The molecule has 1 unspecified atom stereocenters. The number of aryl methyl sites for hydroxylation is 1. The lowest BCUT2D eigenvalue weighted by Crippen LogP contribution is -2.16. The first-order valence-corrected chi connectivity index (χ1v) is 7.32. The average molecular weight is 285 g/mol. The van der Waals surface area contributed by atoms with Gasteiger partial charge in [-0.3, -0.25) is 0 Å². The quantitative estimate of drug-likeness (QED) is 0.794. The molecule has 0 amide bonds. The molecule has 0 heterocycles. The highest BCUT2D eigenvalue weighted by Crippen LogP contribution is 2.30. The SMILES string of the molecule is CCc1ccccc1C(N)c1ccccc1OCCOC. The highest BCUT2D eigenvalue weighted by atomic mass is 16.5. The summed E-state index contributed by atoms with van der Waals surface area (Å²) >= 11 is 0. The van der Waals surface area contributed by atoms with Gasteiger partial charge in [0.2, 0.25) is 0 Å². The molecule has 0 aliphatic rings. The first kappa shape index (κ1) is 15.5. The van der Waals surface area contributed by atoms with Crippen LogP contribution in [-0.4, -0.2) is 20.3 Å². The lowest BCUT2D eigenvalue weighted by molar-refractivity contribution is 0.145. The number of para-hydroxylation sites is 1. The lowest BCUT2D eigenvalue weighted by Gasteiger charge is -2.19. The maximum Gasteiger partial charge on any atom is 0.124 e. The van der Waals surface area contributed by atoms with Crippen molar-refractivity contribution in [3.8, 4) is 5.75 Å². The van der Waals surface area contributed by atoms with Crippen LogP contribution in [-0.2, 0) is 11.2 Å². The molecule has 3 nitrogen and oxygen atoms in total. The number of hydrogen-bond acceptors (Lipinski definition) is 3. The lowest BCUT2D eigenvalue weighted by atomic mass is 9.93. The van der Waals surface area contributed by atoms with Crippen LogP contribution in [0.3, 0.4) is 0 Å². The standard InChI is InChI=1S/C18H23NO2/c1-3-14-8-4-5-9-15(14)18(19)16-10-6-7-11-17(16)21-13-12-20-2/h4-11,18H,3,12-13,19H2,1-2H3. The molecule has 0 radical (unpaired) electrons. The summed E-state index contributed by atoms with van der Waals surface area (Å²) in [6.07, 6.45) is 0.969. The summed E-state index contributed by atoms with van der Waals surface area (Å²) in [4.78, 5) is 0. The normalized spacial score (nSPS) is 12.1. The number of hydrogen-bond donors (Lipinski definition) is 1. The molecule has 3 heteroatoms. The number of methoxy groups -OCH3 is 1. The molecule has 0 aliphatic heterocycles. The van der Waals surface area contributed by atoms with Crippen molar-refractivity contribution < 1.29 is 9.47 Å². The highest BCUT2D eigenvalue weighted by Gasteiger charge is 2.16. The largest absolute Gasteiger partial charge is 0.491 e. The molecule has 0 saturated carbocycles. The molecule has 2 N–H and O–H groups in total. The molecule has 21 heavy (non-hydrogen) atoms. The Morgan fingerprint density at radius 1 is 0.952 bits per heavy atom. The Kier molecular flexibility index (Phi) is 5.78. The van der Waals surface area contributed by atoms with Gasteiger partial charge in [0.15, 0.2) is 0 Å². The number of nitrogens with two attached hydrogens (primary N) is 1.